The molecular weight excluding hydrogens is 386 g/mol. The van der Waals surface area contributed by atoms with Crippen LogP contribution in [-0.2, 0) is 9.59 Å². The molecule has 2 heterocycles. The number of benzene rings is 1. The number of Topliss-reactive ketones (excluding diaryl/α,β-unsaturated/α-hetero) is 1. The van der Waals surface area contributed by atoms with Crippen LogP contribution in [0, 0.1) is 0 Å². The van der Waals surface area contributed by atoms with Crippen LogP contribution in [0.15, 0.2) is 46.6 Å². The summed E-state index contributed by atoms with van der Waals surface area (Å²) in [7, 11) is 3.00. The highest BCUT2D eigenvalue weighted by Gasteiger charge is 2.50. The van der Waals surface area contributed by atoms with Gasteiger partial charge in [0.05, 0.1) is 31.6 Å². The van der Waals surface area contributed by atoms with Crippen molar-refractivity contribution in [2.24, 2.45) is 0 Å². The number of aliphatic hydroxyl groups excluding tert-OH is 1. The molecule has 1 N–H and O–H groups in total. The van der Waals surface area contributed by atoms with Crippen LogP contribution in [0.2, 0.25) is 0 Å². The Morgan fingerprint density at radius 2 is 1.87 bits per heavy atom. The Morgan fingerprint density at radius 3 is 2.50 bits per heavy atom. The second-order valence-corrected chi connectivity index (χ2v) is 7.58. The Bertz CT molecular complexity index is 972. The number of methoxy groups -OCH3 is 2. The fraction of sp³-hybridized carbons (Fsp3) is 0.391. The zero-order chi connectivity index (χ0) is 21.3. The number of amides is 1. The maximum atomic E-state index is 13.1. The Kier molecular flexibility index (Phi) is 5.53. The van der Waals surface area contributed by atoms with Crippen LogP contribution in [0.4, 0.5) is 0 Å². The largest absolute Gasteiger partial charge is 0.507 e. The highest BCUT2D eigenvalue weighted by Crippen LogP contribution is 2.44. The van der Waals surface area contributed by atoms with Crippen molar-refractivity contribution in [3.63, 3.8) is 0 Å². The third-order valence-corrected chi connectivity index (χ3v) is 5.92. The summed E-state index contributed by atoms with van der Waals surface area (Å²) in [6, 6.07) is 7.50. The van der Waals surface area contributed by atoms with Crippen molar-refractivity contribution in [2.45, 2.75) is 44.2 Å². The maximum absolute atomic E-state index is 13.1. The van der Waals surface area contributed by atoms with Crippen molar-refractivity contribution in [3.8, 4) is 11.5 Å². The number of nitrogens with zero attached hydrogens (tertiary/aromatic N) is 1. The van der Waals surface area contributed by atoms with E-state index in [1.165, 1.54) is 20.5 Å². The number of hydrogen-bond acceptors (Lipinski definition) is 6. The molecule has 1 aliphatic heterocycles. The molecule has 0 bridgehead atoms. The lowest BCUT2D eigenvalue weighted by Crippen LogP contribution is -2.40. The summed E-state index contributed by atoms with van der Waals surface area (Å²) in [6.07, 6.45) is 6.29. The zero-order valence-corrected chi connectivity index (χ0v) is 17.1. The number of ketones is 1. The van der Waals surface area contributed by atoms with Gasteiger partial charge in [-0.3, -0.25) is 9.59 Å². The van der Waals surface area contributed by atoms with E-state index in [1.54, 1.807) is 35.2 Å². The van der Waals surface area contributed by atoms with E-state index < -0.39 is 17.7 Å². The van der Waals surface area contributed by atoms with Gasteiger partial charge in [-0.2, -0.15) is 0 Å². The number of carbonyl (C=O) groups excluding carboxylic acids is 2. The molecule has 1 saturated carbocycles. The fourth-order valence-corrected chi connectivity index (χ4v) is 4.45. The lowest BCUT2D eigenvalue weighted by atomic mass is 9.92. The zero-order valence-electron chi connectivity index (χ0n) is 17.1. The second kappa shape index (κ2) is 8.26. The molecule has 7 heteroatoms. The fourth-order valence-electron chi connectivity index (χ4n) is 4.45. The van der Waals surface area contributed by atoms with Gasteiger partial charge < -0.3 is 23.9 Å². The van der Waals surface area contributed by atoms with Crippen LogP contribution in [0.5, 0.6) is 11.5 Å². The minimum Gasteiger partial charge on any atom is -0.507 e. The number of carbonyl (C=O) groups is 2. The third-order valence-electron chi connectivity index (χ3n) is 5.92. The van der Waals surface area contributed by atoms with E-state index >= 15 is 0 Å². The van der Waals surface area contributed by atoms with Gasteiger partial charge in [0, 0.05) is 12.1 Å². The lowest BCUT2D eigenvalue weighted by Gasteiger charge is -2.34. The number of aliphatic hydroxyl groups is 1. The predicted octanol–water partition coefficient (Wildman–Crippen LogP) is 4.05. The molecule has 1 unspecified atom stereocenters. The van der Waals surface area contributed by atoms with Crippen LogP contribution in [-0.4, -0.2) is 42.0 Å². The molecule has 4 rings (SSSR count). The molecule has 7 nitrogen and oxygen atoms in total. The van der Waals surface area contributed by atoms with E-state index in [1.807, 2.05) is 0 Å². The van der Waals surface area contributed by atoms with Crippen molar-refractivity contribution in [3.05, 3.63) is 53.5 Å². The van der Waals surface area contributed by atoms with E-state index in [4.69, 9.17) is 13.9 Å². The molecule has 30 heavy (non-hydrogen) atoms. The minimum absolute atomic E-state index is 0.0176. The third kappa shape index (κ3) is 3.34. The van der Waals surface area contributed by atoms with Gasteiger partial charge >= 0.3 is 0 Å². The first kappa shape index (κ1) is 20.1. The van der Waals surface area contributed by atoms with Crippen molar-refractivity contribution in [1.29, 1.82) is 0 Å². The summed E-state index contributed by atoms with van der Waals surface area (Å²) in [4.78, 5) is 27.7. The van der Waals surface area contributed by atoms with E-state index in [-0.39, 0.29) is 17.4 Å². The molecule has 0 radical (unpaired) electrons. The van der Waals surface area contributed by atoms with Gasteiger partial charge in [-0.1, -0.05) is 19.3 Å². The minimum atomic E-state index is -0.769. The van der Waals surface area contributed by atoms with Crippen LogP contribution in [0.25, 0.3) is 5.76 Å². The number of hydrogen-bond donors (Lipinski definition) is 1. The standard InChI is InChI=1S/C23H25NO6/c1-28-15-10-11-16(18(13-15)29-2)21(25)19-20(17-9-6-12-30-17)24(23(27)22(19)26)14-7-4-3-5-8-14/h6,9-14,20,25H,3-5,7-8H2,1-2H3/b21-19-. The van der Waals surface area contributed by atoms with Gasteiger partial charge in [0.15, 0.2) is 0 Å². The topological polar surface area (TPSA) is 89.2 Å². The van der Waals surface area contributed by atoms with Crippen molar-refractivity contribution in [2.75, 3.05) is 14.2 Å². The Balaban J connectivity index is 1.86. The monoisotopic (exact) mass is 411 g/mol. The Labute approximate surface area is 174 Å². The quantitative estimate of drug-likeness (QED) is 0.454. The van der Waals surface area contributed by atoms with E-state index in [2.05, 4.69) is 0 Å². The summed E-state index contributed by atoms with van der Waals surface area (Å²) in [6.45, 7) is 0. The lowest BCUT2D eigenvalue weighted by molar-refractivity contribution is -0.142. The second-order valence-electron chi connectivity index (χ2n) is 7.58. The maximum Gasteiger partial charge on any atom is 0.296 e. The highest BCUT2D eigenvalue weighted by atomic mass is 16.5. The number of likely N-dealkylation sites (tertiary alicyclic amines) is 1. The van der Waals surface area contributed by atoms with Crippen LogP contribution < -0.4 is 9.47 Å². The molecule has 2 fully saturated rings. The molecule has 1 aromatic carbocycles. The smallest absolute Gasteiger partial charge is 0.296 e. The summed E-state index contributed by atoms with van der Waals surface area (Å²) in [5, 5.41) is 11.2. The van der Waals surface area contributed by atoms with E-state index in [9.17, 15) is 14.7 Å². The first-order valence-electron chi connectivity index (χ1n) is 10.1. The van der Waals surface area contributed by atoms with Gasteiger partial charge in [-0.05, 0) is 37.1 Å². The first-order valence-corrected chi connectivity index (χ1v) is 10.1. The number of furan rings is 1. The number of ether oxygens (including phenoxy) is 2. The molecule has 1 aliphatic carbocycles. The molecule has 0 spiro atoms. The van der Waals surface area contributed by atoms with Crippen LogP contribution in [0.1, 0.15) is 49.5 Å². The molecule has 2 aromatic rings. The average Bonchev–Trinajstić information content (AvgIpc) is 3.40. The Morgan fingerprint density at radius 1 is 1.10 bits per heavy atom. The Hall–Kier alpha value is -3.22. The molecule has 1 amide bonds. The SMILES string of the molecule is COc1ccc(/C(O)=C2/C(=O)C(=O)N(C3CCCCC3)C2c2ccco2)c(OC)c1. The van der Waals surface area contributed by atoms with Crippen LogP contribution >= 0.6 is 0 Å². The summed E-state index contributed by atoms with van der Waals surface area (Å²) in [5.41, 5.74) is 0.334. The first-order chi connectivity index (χ1) is 14.6. The summed E-state index contributed by atoms with van der Waals surface area (Å²) >= 11 is 0. The van der Waals surface area contributed by atoms with Crippen molar-refractivity contribution >= 4 is 17.4 Å². The van der Waals surface area contributed by atoms with Crippen LogP contribution in [0.3, 0.4) is 0 Å². The van der Waals surface area contributed by atoms with Crippen molar-refractivity contribution < 1.29 is 28.6 Å². The van der Waals surface area contributed by atoms with Crippen molar-refractivity contribution in [1.82, 2.24) is 4.90 Å². The average molecular weight is 411 g/mol. The molecule has 1 atom stereocenters. The van der Waals surface area contributed by atoms with Gasteiger partial charge in [0.2, 0.25) is 0 Å². The van der Waals surface area contributed by atoms with Gasteiger partial charge in [-0.15, -0.1) is 0 Å². The van der Waals surface area contributed by atoms with Gasteiger partial charge in [-0.25, -0.2) is 0 Å². The van der Waals surface area contributed by atoms with E-state index in [0.29, 0.717) is 22.8 Å². The molecule has 158 valence electrons. The molecule has 2 aliphatic rings. The molecule has 1 saturated heterocycles. The summed E-state index contributed by atoms with van der Waals surface area (Å²) < 4.78 is 16.2. The summed E-state index contributed by atoms with van der Waals surface area (Å²) in [5.74, 6) is -0.251. The van der Waals surface area contributed by atoms with Gasteiger partial charge in [0.1, 0.15) is 29.1 Å². The molecular formula is C23H25NO6. The highest BCUT2D eigenvalue weighted by molar-refractivity contribution is 6.46. The predicted molar refractivity (Wildman–Crippen MR) is 109 cm³/mol. The number of rotatable bonds is 5. The molecule has 1 aromatic heterocycles. The van der Waals surface area contributed by atoms with E-state index in [0.717, 1.165) is 32.1 Å². The van der Waals surface area contributed by atoms with Gasteiger partial charge in [0.25, 0.3) is 11.7 Å². The normalized spacial score (nSPS) is 21.8.